The van der Waals surface area contributed by atoms with Gasteiger partial charge in [0.05, 0.1) is 11.1 Å². The van der Waals surface area contributed by atoms with E-state index in [0.717, 1.165) is 4.90 Å². The predicted molar refractivity (Wildman–Crippen MR) is 98.3 cm³/mol. The highest BCUT2D eigenvalue weighted by Gasteiger charge is 2.44. The number of nitrogens with one attached hydrogen (secondary N) is 2. The first kappa shape index (κ1) is 21.1. The maximum Gasteiger partial charge on any atom is 0.330 e. The number of nitrogens with zero attached hydrogens (tertiary/aromatic N) is 1. The van der Waals surface area contributed by atoms with E-state index in [2.05, 4.69) is 5.32 Å². The second kappa shape index (κ2) is 8.64. The number of hydrogen-bond acceptors (Lipinski definition) is 6. The summed E-state index contributed by atoms with van der Waals surface area (Å²) in [4.78, 5) is 62.2. The molecule has 150 valence electrons. The van der Waals surface area contributed by atoms with Gasteiger partial charge in [-0.05, 0) is 31.4 Å². The van der Waals surface area contributed by atoms with Gasteiger partial charge in [0.25, 0.3) is 17.7 Å². The molecule has 0 unspecified atom stereocenters. The average molecular weight is 389 g/mol. The van der Waals surface area contributed by atoms with Gasteiger partial charge in [-0.1, -0.05) is 26.0 Å². The molecule has 9 nitrogen and oxygen atoms in total. The van der Waals surface area contributed by atoms with Gasteiger partial charge in [0.15, 0.2) is 6.10 Å². The van der Waals surface area contributed by atoms with Crippen LogP contribution >= 0.6 is 0 Å². The lowest BCUT2D eigenvalue weighted by Gasteiger charge is -2.27. The van der Waals surface area contributed by atoms with Gasteiger partial charge in [-0.15, -0.1) is 0 Å². The molecule has 0 radical (unpaired) electrons. The Balaban J connectivity index is 2.21. The summed E-state index contributed by atoms with van der Waals surface area (Å²) in [5, 5.41) is 4.21. The van der Waals surface area contributed by atoms with Gasteiger partial charge in [0.1, 0.15) is 6.04 Å². The standard InChI is InChI=1S/C19H23N3O6/c1-10(2)9-14(18(26)28-11(3)15(23)21-19(27)20-4)22-16(24)12-7-5-6-8-13(12)17(22)25/h5-8,10-11,14H,9H2,1-4H3,(H2,20,21,23,27)/t11-,14-/m1/s1. The van der Waals surface area contributed by atoms with Crippen LogP contribution in [0, 0.1) is 5.92 Å². The minimum Gasteiger partial charge on any atom is -0.451 e. The topological polar surface area (TPSA) is 122 Å². The largest absolute Gasteiger partial charge is 0.451 e. The number of benzene rings is 1. The first-order valence-corrected chi connectivity index (χ1v) is 8.87. The highest BCUT2D eigenvalue weighted by atomic mass is 16.5. The zero-order valence-electron chi connectivity index (χ0n) is 16.1. The molecule has 0 aromatic heterocycles. The Bertz CT molecular complexity index is 785. The number of ether oxygens (including phenoxy) is 1. The number of rotatable bonds is 6. The molecular weight excluding hydrogens is 366 g/mol. The number of fused-ring (bicyclic) bond motifs is 1. The Labute approximate surface area is 162 Å². The smallest absolute Gasteiger partial charge is 0.330 e. The SMILES string of the molecule is CNC(=O)NC(=O)[C@@H](C)OC(=O)[C@@H](CC(C)C)N1C(=O)c2ccccc2C1=O. The van der Waals surface area contributed by atoms with Crippen LogP contribution in [0.4, 0.5) is 4.79 Å². The summed E-state index contributed by atoms with van der Waals surface area (Å²) in [5.41, 5.74) is 0.443. The first-order chi connectivity index (χ1) is 13.2. The summed E-state index contributed by atoms with van der Waals surface area (Å²) in [5.74, 6) is -2.89. The highest BCUT2D eigenvalue weighted by Crippen LogP contribution is 2.27. The third kappa shape index (κ3) is 4.36. The third-order valence-electron chi connectivity index (χ3n) is 4.23. The third-order valence-corrected chi connectivity index (χ3v) is 4.23. The normalized spacial score (nSPS) is 15.1. The van der Waals surface area contributed by atoms with Gasteiger partial charge in [-0.25, -0.2) is 9.59 Å². The molecule has 1 aliphatic rings. The fourth-order valence-electron chi connectivity index (χ4n) is 2.83. The fraction of sp³-hybridized carbons (Fsp3) is 0.421. The lowest BCUT2D eigenvalue weighted by molar-refractivity contribution is -0.158. The number of carbonyl (C=O) groups is 5. The molecular formula is C19H23N3O6. The molecule has 1 aromatic carbocycles. The second-order valence-electron chi connectivity index (χ2n) is 6.82. The van der Waals surface area contributed by atoms with Gasteiger partial charge in [0.2, 0.25) is 0 Å². The molecule has 1 aromatic rings. The van der Waals surface area contributed by atoms with Crippen LogP contribution in [0.25, 0.3) is 0 Å². The van der Waals surface area contributed by atoms with Crippen molar-refractivity contribution in [3.63, 3.8) is 0 Å². The van der Waals surface area contributed by atoms with Crippen LogP contribution in [0.5, 0.6) is 0 Å². The van der Waals surface area contributed by atoms with Crippen molar-refractivity contribution in [2.24, 2.45) is 5.92 Å². The van der Waals surface area contributed by atoms with E-state index in [1.165, 1.54) is 26.1 Å². The number of amides is 5. The van der Waals surface area contributed by atoms with Gasteiger partial charge in [0, 0.05) is 7.05 Å². The molecule has 9 heteroatoms. The molecule has 0 saturated heterocycles. The molecule has 0 saturated carbocycles. The molecule has 1 heterocycles. The Kier molecular flexibility index (Phi) is 6.50. The zero-order chi connectivity index (χ0) is 21.0. The van der Waals surface area contributed by atoms with Crippen molar-refractivity contribution < 1.29 is 28.7 Å². The maximum atomic E-state index is 12.7. The van der Waals surface area contributed by atoms with Crippen LogP contribution in [0.2, 0.25) is 0 Å². The predicted octanol–water partition coefficient (Wildman–Crippen LogP) is 1.08. The van der Waals surface area contributed by atoms with E-state index in [1.54, 1.807) is 12.1 Å². The summed E-state index contributed by atoms with van der Waals surface area (Å²) in [6.07, 6.45) is -1.11. The monoisotopic (exact) mass is 389 g/mol. The molecule has 0 aliphatic carbocycles. The first-order valence-electron chi connectivity index (χ1n) is 8.87. The number of urea groups is 1. The molecule has 0 bridgehead atoms. The van der Waals surface area contributed by atoms with Crippen LogP contribution < -0.4 is 10.6 Å². The Morgan fingerprint density at radius 2 is 1.57 bits per heavy atom. The molecule has 0 spiro atoms. The van der Waals surface area contributed by atoms with Crippen molar-refractivity contribution >= 4 is 29.7 Å². The van der Waals surface area contributed by atoms with E-state index in [4.69, 9.17) is 4.74 Å². The summed E-state index contributed by atoms with van der Waals surface area (Å²) < 4.78 is 5.15. The molecule has 2 atom stereocenters. The van der Waals surface area contributed by atoms with E-state index in [9.17, 15) is 24.0 Å². The number of carbonyl (C=O) groups excluding carboxylic acids is 5. The average Bonchev–Trinajstić information content (AvgIpc) is 2.90. The van der Waals surface area contributed by atoms with Crippen molar-refractivity contribution in [2.75, 3.05) is 7.05 Å². The Morgan fingerprint density at radius 3 is 2.04 bits per heavy atom. The van der Waals surface area contributed by atoms with Gasteiger partial charge in [-0.2, -0.15) is 0 Å². The summed E-state index contributed by atoms with van der Waals surface area (Å²) in [7, 11) is 1.33. The number of imide groups is 2. The van der Waals surface area contributed by atoms with Crippen molar-refractivity contribution in [1.82, 2.24) is 15.5 Å². The van der Waals surface area contributed by atoms with Crippen molar-refractivity contribution in [1.29, 1.82) is 0 Å². The van der Waals surface area contributed by atoms with E-state index in [0.29, 0.717) is 0 Å². The van der Waals surface area contributed by atoms with E-state index in [1.807, 2.05) is 19.2 Å². The Hall–Kier alpha value is -3.23. The van der Waals surface area contributed by atoms with Crippen LogP contribution in [-0.2, 0) is 14.3 Å². The molecule has 5 amide bonds. The molecule has 1 aliphatic heterocycles. The van der Waals surface area contributed by atoms with Crippen LogP contribution in [0.1, 0.15) is 47.9 Å². The number of hydrogen-bond donors (Lipinski definition) is 2. The molecule has 28 heavy (non-hydrogen) atoms. The van der Waals surface area contributed by atoms with Crippen molar-refractivity contribution in [3.8, 4) is 0 Å². The van der Waals surface area contributed by atoms with Crippen LogP contribution in [-0.4, -0.2) is 53.8 Å². The van der Waals surface area contributed by atoms with E-state index < -0.39 is 41.9 Å². The minimum absolute atomic E-state index is 0.0307. The molecule has 2 rings (SSSR count). The van der Waals surface area contributed by atoms with Crippen molar-refractivity contribution in [2.45, 2.75) is 39.3 Å². The van der Waals surface area contributed by atoms with Crippen molar-refractivity contribution in [3.05, 3.63) is 35.4 Å². The lowest BCUT2D eigenvalue weighted by atomic mass is 10.0. The molecule has 0 fully saturated rings. The second-order valence-corrected chi connectivity index (χ2v) is 6.82. The maximum absolute atomic E-state index is 12.7. The summed E-state index contributed by atoms with van der Waals surface area (Å²) in [6, 6.07) is 4.39. The molecule has 2 N–H and O–H groups in total. The van der Waals surface area contributed by atoms with E-state index >= 15 is 0 Å². The van der Waals surface area contributed by atoms with Gasteiger partial charge < -0.3 is 10.1 Å². The van der Waals surface area contributed by atoms with Gasteiger partial charge >= 0.3 is 12.0 Å². The van der Waals surface area contributed by atoms with Crippen LogP contribution in [0.15, 0.2) is 24.3 Å². The fourth-order valence-corrected chi connectivity index (χ4v) is 2.83. The van der Waals surface area contributed by atoms with Crippen LogP contribution in [0.3, 0.4) is 0 Å². The Morgan fingerprint density at radius 1 is 1.04 bits per heavy atom. The summed E-state index contributed by atoms with van der Waals surface area (Å²) in [6.45, 7) is 4.96. The van der Waals surface area contributed by atoms with Gasteiger partial charge in [-0.3, -0.25) is 24.6 Å². The highest BCUT2D eigenvalue weighted by molar-refractivity contribution is 6.22. The zero-order valence-corrected chi connectivity index (χ0v) is 16.1. The number of esters is 1. The lowest BCUT2D eigenvalue weighted by Crippen LogP contribution is -2.49. The summed E-state index contributed by atoms with van der Waals surface area (Å²) >= 11 is 0. The quantitative estimate of drug-likeness (QED) is 0.555. The van der Waals surface area contributed by atoms with E-state index in [-0.39, 0.29) is 23.5 Å². The minimum atomic E-state index is -1.28.